The Labute approximate surface area is 229 Å². The summed E-state index contributed by atoms with van der Waals surface area (Å²) in [5, 5.41) is 0. The molecule has 1 amide bonds. The average molecular weight is 555 g/mol. The Kier molecular flexibility index (Phi) is 8.02. The number of hydrogen-bond acceptors (Lipinski definition) is 5. The van der Waals surface area contributed by atoms with Crippen molar-refractivity contribution >= 4 is 16.9 Å². The number of piperidine rings is 2. The van der Waals surface area contributed by atoms with Gasteiger partial charge in [0.1, 0.15) is 17.5 Å². The fourth-order valence-electron chi connectivity index (χ4n) is 5.95. The molecule has 0 atom stereocenters. The van der Waals surface area contributed by atoms with E-state index >= 15 is 0 Å². The van der Waals surface area contributed by atoms with Crippen molar-refractivity contribution in [2.45, 2.75) is 31.7 Å². The Bertz CT molecular complexity index is 1490. The molecule has 40 heavy (non-hydrogen) atoms. The molecule has 3 aromatic rings. The Hall–Kier alpha value is -3.99. The number of aromatic nitrogens is 2. The fraction of sp³-hybridized carbons (Fsp3) is 0.379. The quantitative estimate of drug-likeness (QED) is 0.455. The maximum Gasteiger partial charge on any atom is 0.333 e. The Balaban J connectivity index is 1.29. The normalized spacial score (nSPS) is 18.3. The second-order valence-electron chi connectivity index (χ2n) is 10.5. The highest BCUT2D eigenvalue weighted by Gasteiger charge is 2.32. The Morgan fingerprint density at radius 1 is 0.875 bits per heavy atom. The number of benzene rings is 2. The van der Waals surface area contributed by atoms with Crippen molar-refractivity contribution in [1.82, 2.24) is 18.9 Å². The third-order valence-corrected chi connectivity index (χ3v) is 7.95. The second-order valence-corrected chi connectivity index (χ2v) is 10.5. The summed E-state index contributed by atoms with van der Waals surface area (Å²) in [6, 6.07) is 6.54. The molecule has 3 heterocycles. The van der Waals surface area contributed by atoms with Crippen molar-refractivity contribution in [2.75, 3.05) is 32.7 Å². The number of carbonyl (C=O) groups excluding carboxylic acids is 1. The molecule has 212 valence electrons. The number of amides is 1. The number of halogens is 3. The van der Waals surface area contributed by atoms with Crippen LogP contribution in [0.15, 0.2) is 65.2 Å². The zero-order valence-corrected chi connectivity index (χ0v) is 22.1. The molecule has 2 fully saturated rings. The summed E-state index contributed by atoms with van der Waals surface area (Å²) in [5.74, 6) is -2.16. The summed E-state index contributed by atoms with van der Waals surface area (Å²) >= 11 is 0. The minimum Gasteiger partial charge on any atom is -0.405 e. The molecule has 11 heteroatoms. The van der Waals surface area contributed by atoms with E-state index in [-0.39, 0.29) is 29.1 Å². The van der Waals surface area contributed by atoms with Crippen LogP contribution in [0.3, 0.4) is 0 Å². The lowest BCUT2D eigenvalue weighted by molar-refractivity contribution is -0.138. The topological polar surface area (TPSA) is 103 Å². The van der Waals surface area contributed by atoms with E-state index in [4.69, 9.17) is 11.5 Å². The van der Waals surface area contributed by atoms with E-state index in [0.29, 0.717) is 38.0 Å². The predicted octanol–water partition coefficient (Wildman–Crippen LogP) is 3.40. The van der Waals surface area contributed by atoms with Crippen LogP contribution in [0, 0.1) is 23.4 Å². The molecule has 2 aromatic carbocycles. The van der Waals surface area contributed by atoms with Crippen molar-refractivity contribution < 1.29 is 18.0 Å². The fourth-order valence-corrected chi connectivity index (χ4v) is 5.95. The maximum atomic E-state index is 14.2. The second kappa shape index (κ2) is 11.6. The number of carbonyl (C=O) groups is 1. The minimum absolute atomic E-state index is 0.0103. The first-order valence-corrected chi connectivity index (χ1v) is 13.5. The van der Waals surface area contributed by atoms with Crippen LogP contribution in [0.2, 0.25) is 0 Å². The lowest BCUT2D eigenvalue weighted by Gasteiger charge is -2.37. The van der Waals surface area contributed by atoms with Gasteiger partial charge in [0.25, 0.3) is 0 Å². The van der Waals surface area contributed by atoms with E-state index in [1.807, 2.05) is 4.90 Å². The van der Waals surface area contributed by atoms with Gasteiger partial charge in [-0.05, 0) is 87.1 Å². The molecule has 2 saturated heterocycles. The average Bonchev–Trinajstić information content (AvgIpc) is 3.23. The summed E-state index contributed by atoms with van der Waals surface area (Å²) < 4.78 is 44.9. The van der Waals surface area contributed by atoms with Gasteiger partial charge in [0.05, 0.1) is 16.7 Å². The Morgan fingerprint density at radius 2 is 1.55 bits per heavy atom. The van der Waals surface area contributed by atoms with Crippen LogP contribution in [-0.2, 0) is 4.79 Å². The van der Waals surface area contributed by atoms with Gasteiger partial charge in [-0.2, -0.15) is 0 Å². The third kappa shape index (κ3) is 5.51. The van der Waals surface area contributed by atoms with Crippen LogP contribution in [0.4, 0.5) is 13.2 Å². The summed E-state index contributed by atoms with van der Waals surface area (Å²) in [7, 11) is 0. The van der Waals surface area contributed by atoms with Crippen LogP contribution in [0.25, 0.3) is 16.7 Å². The van der Waals surface area contributed by atoms with E-state index in [1.165, 1.54) is 24.4 Å². The molecule has 0 saturated carbocycles. The predicted molar refractivity (Wildman–Crippen MR) is 147 cm³/mol. The molecule has 2 aliphatic heterocycles. The number of likely N-dealkylation sites (tertiary alicyclic amines) is 2. The molecule has 2 aliphatic rings. The van der Waals surface area contributed by atoms with Crippen LogP contribution in [0.5, 0.6) is 0 Å². The largest absolute Gasteiger partial charge is 0.405 e. The summed E-state index contributed by atoms with van der Waals surface area (Å²) in [6.07, 6.45) is 7.36. The minimum atomic E-state index is -0.833. The maximum absolute atomic E-state index is 14.2. The van der Waals surface area contributed by atoms with Gasteiger partial charge >= 0.3 is 5.69 Å². The van der Waals surface area contributed by atoms with Gasteiger partial charge < -0.3 is 16.4 Å². The molecule has 8 nitrogen and oxygen atoms in total. The summed E-state index contributed by atoms with van der Waals surface area (Å²) in [6.45, 7) is 3.23. The molecule has 0 aliphatic carbocycles. The molecule has 4 N–H and O–H groups in total. The van der Waals surface area contributed by atoms with Crippen LogP contribution >= 0.6 is 0 Å². The lowest BCUT2D eigenvalue weighted by atomic mass is 9.93. The molecule has 1 aromatic heterocycles. The molecule has 5 rings (SSSR count). The standard InChI is InChI=1S/C29H33F3N6O2/c30-21-1-2-26-27(16-21)38(25-14-22(31)13-23(32)15-25)29(40)37(26)24-6-11-36(12-7-24)28(39)20-4-9-35(10-5-20)18-19(17-34)3-8-33/h1-3,8,13-17,20,24H,4-7,9-12,18,33-34H2/b8-3-,19-17+. The molecular weight excluding hydrogens is 521 g/mol. The van der Waals surface area contributed by atoms with Gasteiger partial charge in [-0.15, -0.1) is 0 Å². The van der Waals surface area contributed by atoms with Crippen LogP contribution in [0.1, 0.15) is 31.7 Å². The first kappa shape index (κ1) is 27.6. The molecule has 0 spiro atoms. The van der Waals surface area contributed by atoms with E-state index in [2.05, 4.69) is 4.90 Å². The number of nitrogens with zero attached hydrogens (tertiary/aromatic N) is 4. The van der Waals surface area contributed by atoms with Gasteiger partial charge in [0.2, 0.25) is 5.91 Å². The lowest BCUT2D eigenvalue weighted by Crippen LogP contribution is -2.46. The highest BCUT2D eigenvalue weighted by atomic mass is 19.1. The van der Waals surface area contributed by atoms with E-state index in [0.717, 1.165) is 54.3 Å². The number of imidazole rings is 1. The first-order chi connectivity index (χ1) is 19.3. The Morgan fingerprint density at radius 3 is 2.17 bits per heavy atom. The highest BCUT2D eigenvalue weighted by molar-refractivity contribution is 5.80. The zero-order valence-electron chi connectivity index (χ0n) is 22.1. The zero-order chi connectivity index (χ0) is 28.4. The third-order valence-electron chi connectivity index (χ3n) is 7.95. The van der Waals surface area contributed by atoms with Gasteiger partial charge in [0, 0.05) is 43.7 Å². The van der Waals surface area contributed by atoms with E-state index in [9.17, 15) is 22.8 Å². The van der Waals surface area contributed by atoms with E-state index in [1.54, 1.807) is 16.8 Å². The number of hydrogen-bond donors (Lipinski definition) is 2. The molecule has 0 radical (unpaired) electrons. The number of fused-ring (bicyclic) bond motifs is 1. The SMILES string of the molecule is N/C=C\C(=C/N)CN1CCC(C(=O)N2CCC(n3c(=O)n(-c4cc(F)cc(F)c4)c4cc(F)ccc43)CC2)CC1. The monoisotopic (exact) mass is 554 g/mol. The molecular formula is C29H33F3N6O2. The van der Waals surface area contributed by atoms with Gasteiger partial charge in [0.15, 0.2) is 0 Å². The van der Waals surface area contributed by atoms with Crippen molar-refractivity contribution in [2.24, 2.45) is 17.4 Å². The van der Waals surface area contributed by atoms with Crippen molar-refractivity contribution in [3.05, 3.63) is 88.4 Å². The number of nitrogens with two attached hydrogens (primary N) is 2. The van der Waals surface area contributed by atoms with Crippen LogP contribution < -0.4 is 17.2 Å². The number of rotatable bonds is 6. The summed E-state index contributed by atoms with van der Waals surface area (Å²) in [4.78, 5) is 31.0. The van der Waals surface area contributed by atoms with Crippen molar-refractivity contribution in [3.63, 3.8) is 0 Å². The van der Waals surface area contributed by atoms with Gasteiger partial charge in [-0.1, -0.05) is 0 Å². The highest BCUT2D eigenvalue weighted by Crippen LogP contribution is 2.30. The first-order valence-electron chi connectivity index (χ1n) is 13.5. The molecule has 0 unspecified atom stereocenters. The van der Waals surface area contributed by atoms with Gasteiger partial charge in [-0.25, -0.2) is 18.0 Å². The van der Waals surface area contributed by atoms with Crippen molar-refractivity contribution in [3.8, 4) is 5.69 Å². The smallest absolute Gasteiger partial charge is 0.333 e. The molecule has 0 bridgehead atoms. The van der Waals surface area contributed by atoms with Crippen LogP contribution in [-0.4, -0.2) is 57.6 Å². The van der Waals surface area contributed by atoms with E-state index < -0.39 is 23.1 Å². The summed E-state index contributed by atoms with van der Waals surface area (Å²) in [5.41, 5.74) is 12.3. The van der Waals surface area contributed by atoms with Gasteiger partial charge in [-0.3, -0.25) is 18.8 Å². The van der Waals surface area contributed by atoms with Crippen molar-refractivity contribution in [1.29, 1.82) is 0 Å².